The number of amides is 1. The van der Waals surface area contributed by atoms with E-state index in [1.54, 1.807) is 0 Å². The van der Waals surface area contributed by atoms with E-state index < -0.39 is 5.63 Å². The van der Waals surface area contributed by atoms with Gasteiger partial charge in [0.05, 0.1) is 12.2 Å². The van der Waals surface area contributed by atoms with Gasteiger partial charge in [0.2, 0.25) is 0 Å². The van der Waals surface area contributed by atoms with Crippen LogP contribution < -0.4 is 10.9 Å². The molecule has 1 aliphatic rings. The van der Waals surface area contributed by atoms with Crippen molar-refractivity contribution in [2.24, 2.45) is 5.41 Å². The van der Waals surface area contributed by atoms with Gasteiger partial charge in [-0.3, -0.25) is 4.79 Å². The zero-order valence-electron chi connectivity index (χ0n) is 10.9. The van der Waals surface area contributed by atoms with Crippen molar-refractivity contribution in [2.45, 2.75) is 32.1 Å². The Balaban J connectivity index is 1.95. The van der Waals surface area contributed by atoms with E-state index in [0.29, 0.717) is 12.1 Å². The Kier molecular flexibility index (Phi) is 4.37. The minimum atomic E-state index is -0.476. The van der Waals surface area contributed by atoms with Crippen molar-refractivity contribution in [1.82, 2.24) is 5.32 Å². The predicted molar refractivity (Wildman–Crippen MR) is 69.9 cm³/mol. The van der Waals surface area contributed by atoms with Gasteiger partial charge in [0.1, 0.15) is 6.26 Å². The molecule has 5 heteroatoms. The van der Waals surface area contributed by atoms with Crippen molar-refractivity contribution in [1.29, 1.82) is 0 Å². The minimum absolute atomic E-state index is 0.0944. The van der Waals surface area contributed by atoms with Gasteiger partial charge in [0, 0.05) is 18.0 Å². The summed E-state index contributed by atoms with van der Waals surface area (Å²) in [6.07, 6.45) is 6.41. The number of aliphatic hydroxyl groups is 1. The van der Waals surface area contributed by atoms with Crippen molar-refractivity contribution in [3.8, 4) is 0 Å². The largest absolute Gasteiger partial charge is 0.430 e. The molecule has 2 rings (SSSR count). The Morgan fingerprint density at radius 2 is 2.05 bits per heavy atom. The monoisotopic (exact) mass is 265 g/mol. The van der Waals surface area contributed by atoms with Crippen LogP contribution >= 0.6 is 0 Å². The van der Waals surface area contributed by atoms with E-state index in [1.807, 2.05) is 0 Å². The first-order valence-corrected chi connectivity index (χ1v) is 6.63. The average molecular weight is 265 g/mol. The minimum Gasteiger partial charge on any atom is -0.430 e. The zero-order valence-corrected chi connectivity index (χ0v) is 10.9. The number of carbonyl (C=O) groups is 1. The molecule has 0 unspecified atom stereocenters. The Labute approximate surface area is 111 Å². The summed E-state index contributed by atoms with van der Waals surface area (Å²) in [4.78, 5) is 22.7. The first-order valence-electron chi connectivity index (χ1n) is 6.63. The summed E-state index contributed by atoms with van der Waals surface area (Å²) in [6, 6.07) is 2.66. The third-order valence-electron chi connectivity index (χ3n) is 3.84. The first-order chi connectivity index (χ1) is 9.15. The summed E-state index contributed by atoms with van der Waals surface area (Å²) in [5.41, 5.74) is -0.345. The first kappa shape index (κ1) is 13.8. The van der Waals surface area contributed by atoms with Crippen LogP contribution in [0.4, 0.5) is 0 Å². The average Bonchev–Trinajstić information content (AvgIpc) is 2.46. The molecule has 1 saturated carbocycles. The Morgan fingerprint density at radius 1 is 1.32 bits per heavy atom. The van der Waals surface area contributed by atoms with Gasteiger partial charge in [-0.25, -0.2) is 4.79 Å². The van der Waals surface area contributed by atoms with Crippen LogP contribution in [-0.2, 0) is 0 Å². The Hall–Kier alpha value is -1.62. The standard InChI is InChI=1S/C14H19NO4/c16-10-14(6-2-1-3-7-14)9-15-13(18)11-4-5-12(17)19-8-11/h4-5,8,16H,1-3,6-7,9-10H2,(H,15,18). The van der Waals surface area contributed by atoms with E-state index in [-0.39, 0.29) is 17.9 Å². The van der Waals surface area contributed by atoms with Crippen molar-refractivity contribution >= 4 is 5.91 Å². The maximum absolute atomic E-state index is 11.9. The van der Waals surface area contributed by atoms with Gasteiger partial charge in [-0.1, -0.05) is 19.3 Å². The lowest BCUT2D eigenvalue weighted by Gasteiger charge is -2.35. The molecule has 0 atom stereocenters. The van der Waals surface area contributed by atoms with Crippen LogP contribution in [0.5, 0.6) is 0 Å². The third kappa shape index (κ3) is 3.44. The Morgan fingerprint density at radius 3 is 2.63 bits per heavy atom. The molecule has 1 aromatic rings. The summed E-state index contributed by atoms with van der Waals surface area (Å²) in [6.45, 7) is 0.554. The fourth-order valence-corrected chi connectivity index (χ4v) is 2.55. The molecule has 1 amide bonds. The summed E-state index contributed by atoms with van der Waals surface area (Å²) in [5.74, 6) is -0.276. The third-order valence-corrected chi connectivity index (χ3v) is 3.84. The smallest absolute Gasteiger partial charge is 0.335 e. The molecule has 5 nitrogen and oxygen atoms in total. The molecule has 1 fully saturated rings. The number of aliphatic hydroxyl groups excluding tert-OH is 1. The summed E-state index contributed by atoms with van der Waals surface area (Å²) in [5, 5.41) is 12.4. The molecule has 0 aromatic carbocycles. The van der Waals surface area contributed by atoms with Crippen LogP contribution in [0.3, 0.4) is 0 Å². The lowest BCUT2D eigenvalue weighted by Crippen LogP contribution is -2.41. The second kappa shape index (κ2) is 6.02. The molecule has 0 saturated heterocycles. The molecule has 104 valence electrons. The maximum Gasteiger partial charge on any atom is 0.335 e. The fraction of sp³-hybridized carbons (Fsp3) is 0.571. The molecular formula is C14H19NO4. The van der Waals surface area contributed by atoms with E-state index in [2.05, 4.69) is 9.73 Å². The summed E-state index contributed by atoms with van der Waals surface area (Å²) < 4.78 is 4.66. The lowest BCUT2D eigenvalue weighted by atomic mass is 9.74. The van der Waals surface area contributed by atoms with E-state index in [1.165, 1.54) is 18.6 Å². The summed E-state index contributed by atoms with van der Waals surface area (Å²) >= 11 is 0. The second-order valence-electron chi connectivity index (χ2n) is 5.24. The molecule has 19 heavy (non-hydrogen) atoms. The van der Waals surface area contributed by atoms with E-state index >= 15 is 0 Å². The number of nitrogens with one attached hydrogen (secondary N) is 1. The maximum atomic E-state index is 11.9. The molecule has 2 N–H and O–H groups in total. The molecule has 0 bridgehead atoms. The second-order valence-corrected chi connectivity index (χ2v) is 5.24. The fourth-order valence-electron chi connectivity index (χ4n) is 2.55. The van der Waals surface area contributed by atoms with Gasteiger partial charge in [-0.05, 0) is 18.9 Å². The predicted octanol–water partition coefficient (Wildman–Crippen LogP) is 1.31. The summed E-state index contributed by atoms with van der Waals surface area (Å²) in [7, 11) is 0. The van der Waals surface area contributed by atoms with E-state index in [9.17, 15) is 14.7 Å². The molecule has 0 spiro atoms. The lowest BCUT2D eigenvalue weighted by molar-refractivity contribution is 0.0717. The van der Waals surface area contributed by atoms with Gasteiger partial charge in [0.25, 0.3) is 5.91 Å². The van der Waals surface area contributed by atoms with Crippen LogP contribution in [0.2, 0.25) is 0 Å². The molecular weight excluding hydrogens is 246 g/mol. The highest BCUT2D eigenvalue weighted by molar-refractivity contribution is 5.93. The number of hydrogen-bond donors (Lipinski definition) is 2. The number of hydrogen-bond acceptors (Lipinski definition) is 4. The van der Waals surface area contributed by atoms with E-state index in [4.69, 9.17) is 0 Å². The number of carbonyl (C=O) groups excluding carboxylic acids is 1. The van der Waals surface area contributed by atoms with Crippen molar-refractivity contribution < 1.29 is 14.3 Å². The highest BCUT2D eigenvalue weighted by Gasteiger charge is 2.31. The molecule has 1 aliphatic carbocycles. The molecule has 1 aromatic heterocycles. The van der Waals surface area contributed by atoms with Gasteiger partial charge >= 0.3 is 5.63 Å². The molecule has 0 radical (unpaired) electrons. The van der Waals surface area contributed by atoms with Crippen LogP contribution in [0, 0.1) is 5.41 Å². The highest BCUT2D eigenvalue weighted by Crippen LogP contribution is 2.35. The topological polar surface area (TPSA) is 79.5 Å². The van der Waals surface area contributed by atoms with Gasteiger partial charge in [-0.2, -0.15) is 0 Å². The van der Waals surface area contributed by atoms with Gasteiger partial charge in [0.15, 0.2) is 0 Å². The van der Waals surface area contributed by atoms with Crippen LogP contribution in [-0.4, -0.2) is 24.2 Å². The van der Waals surface area contributed by atoms with Crippen LogP contribution in [0.15, 0.2) is 27.6 Å². The number of rotatable bonds is 4. The normalized spacial score (nSPS) is 17.9. The van der Waals surface area contributed by atoms with E-state index in [0.717, 1.165) is 31.9 Å². The van der Waals surface area contributed by atoms with Crippen LogP contribution in [0.1, 0.15) is 42.5 Å². The van der Waals surface area contributed by atoms with Crippen molar-refractivity contribution in [3.05, 3.63) is 34.4 Å². The van der Waals surface area contributed by atoms with Crippen molar-refractivity contribution in [2.75, 3.05) is 13.2 Å². The van der Waals surface area contributed by atoms with Crippen LogP contribution in [0.25, 0.3) is 0 Å². The SMILES string of the molecule is O=C(NCC1(CO)CCCCC1)c1ccc(=O)oc1. The van der Waals surface area contributed by atoms with Gasteiger partial charge in [-0.15, -0.1) is 0 Å². The highest BCUT2D eigenvalue weighted by atomic mass is 16.4. The molecule has 1 heterocycles. The molecule has 0 aliphatic heterocycles. The Bertz CT molecular complexity index is 468. The zero-order chi connectivity index (χ0) is 13.7. The van der Waals surface area contributed by atoms with Gasteiger partial charge < -0.3 is 14.8 Å². The van der Waals surface area contributed by atoms with Crippen molar-refractivity contribution in [3.63, 3.8) is 0 Å². The quantitative estimate of drug-likeness (QED) is 0.860.